The van der Waals surface area contributed by atoms with Gasteiger partial charge in [0.2, 0.25) is 5.91 Å². The number of carbonyl (C=O) groups is 1. The molecule has 1 amide bonds. The van der Waals surface area contributed by atoms with Crippen LogP contribution in [-0.4, -0.2) is 26.9 Å². The summed E-state index contributed by atoms with van der Waals surface area (Å²) in [6.07, 6.45) is 1.36. The second-order valence-corrected chi connectivity index (χ2v) is 5.37. The fourth-order valence-electron chi connectivity index (χ4n) is 2.22. The maximum Gasteiger partial charge on any atom is 0.273 e. The van der Waals surface area contributed by atoms with E-state index in [1.807, 2.05) is 0 Å². The Labute approximate surface area is 138 Å². The number of aromatic nitrogens is 2. The molecule has 0 aliphatic rings. The van der Waals surface area contributed by atoms with Crippen molar-refractivity contribution < 1.29 is 9.72 Å². The molecule has 8 heteroatoms. The zero-order chi connectivity index (χ0) is 17.7. The fourth-order valence-corrected chi connectivity index (χ4v) is 2.22. The zero-order valence-corrected chi connectivity index (χ0v) is 13.5. The smallest absolute Gasteiger partial charge is 0.273 e. The maximum atomic E-state index is 12.0. The molecule has 8 nitrogen and oxygen atoms in total. The topological polar surface area (TPSA) is 107 Å². The lowest BCUT2D eigenvalue weighted by Gasteiger charge is -2.09. The Kier molecular flexibility index (Phi) is 5.41. The molecule has 2 rings (SSSR count). The summed E-state index contributed by atoms with van der Waals surface area (Å²) >= 11 is 0. The molecule has 0 aliphatic heterocycles. The number of nitrogens with zero attached hydrogens (tertiary/aromatic N) is 3. The van der Waals surface area contributed by atoms with E-state index in [1.165, 1.54) is 17.0 Å². The summed E-state index contributed by atoms with van der Waals surface area (Å²) < 4.78 is 1.42. The molecule has 0 unspecified atom stereocenters. The predicted octanol–water partition coefficient (Wildman–Crippen LogP) is 1.13. The quantitative estimate of drug-likeness (QED) is 0.631. The van der Waals surface area contributed by atoms with E-state index in [2.05, 4.69) is 10.3 Å². The second-order valence-electron chi connectivity index (χ2n) is 5.37. The minimum absolute atomic E-state index is 0.0813. The van der Waals surface area contributed by atoms with Gasteiger partial charge in [-0.25, -0.2) is 4.98 Å². The lowest BCUT2D eigenvalue weighted by atomic mass is 10.1. The molecule has 1 aromatic carbocycles. The minimum Gasteiger partial charge on any atom is -0.354 e. The van der Waals surface area contributed by atoms with E-state index in [1.54, 1.807) is 32.0 Å². The highest BCUT2D eigenvalue weighted by atomic mass is 16.6. The average molecular weight is 330 g/mol. The lowest BCUT2D eigenvalue weighted by Crippen LogP contribution is -2.32. The van der Waals surface area contributed by atoms with Gasteiger partial charge in [0.25, 0.3) is 11.2 Å². The van der Waals surface area contributed by atoms with Gasteiger partial charge in [0.1, 0.15) is 0 Å². The van der Waals surface area contributed by atoms with Gasteiger partial charge in [-0.05, 0) is 13.8 Å². The molecule has 0 spiro atoms. The highest BCUT2D eigenvalue weighted by Gasteiger charge is 2.15. The summed E-state index contributed by atoms with van der Waals surface area (Å²) in [7, 11) is 0. The van der Waals surface area contributed by atoms with Crippen molar-refractivity contribution in [1.82, 2.24) is 14.9 Å². The average Bonchev–Trinajstić information content (AvgIpc) is 2.55. The van der Waals surface area contributed by atoms with Crippen molar-refractivity contribution in [3.63, 3.8) is 0 Å². The Morgan fingerprint density at radius 1 is 1.33 bits per heavy atom. The predicted molar refractivity (Wildman–Crippen MR) is 87.8 cm³/mol. The number of para-hydroxylation sites is 1. The van der Waals surface area contributed by atoms with Crippen LogP contribution in [0.5, 0.6) is 0 Å². The van der Waals surface area contributed by atoms with E-state index in [-0.39, 0.29) is 36.7 Å². The summed E-state index contributed by atoms with van der Waals surface area (Å²) in [5, 5.41) is 13.6. The van der Waals surface area contributed by atoms with Crippen molar-refractivity contribution in [1.29, 1.82) is 0 Å². The molecule has 0 radical (unpaired) electrons. The molecule has 1 heterocycles. The monoisotopic (exact) mass is 330 g/mol. The molecule has 1 N–H and O–H groups in total. The Bertz CT molecular complexity index is 829. The van der Waals surface area contributed by atoms with E-state index >= 15 is 0 Å². The summed E-state index contributed by atoms with van der Waals surface area (Å²) in [4.78, 5) is 38.5. The molecule has 24 heavy (non-hydrogen) atoms. The number of amides is 1. The van der Waals surface area contributed by atoms with E-state index < -0.39 is 4.92 Å². The third-order valence-corrected chi connectivity index (χ3v) is 3.73. The zero-order valence-electron chi connectivity index (χ0n) is 13.5. The molecule has 0 saturated heterocycles. The van der Waals surface area contributed by atoms with Crippen LogP contribution in [-0.2, 0) is 17.8 Å². The number of hydrogen-bond acceptors (Lipinski definition) is 5. The van der Waals surface area contributed by atoms with Gasteiger partial charge >= 0.3 is 0 Å². The molecule has 126 valence electrons. The third-order valence-electron chi connectivity index (χ3n) is 3.73. The first-order valence-electron chi connectivity index (χ1n) is 7.41. The van der Waals surface area contributed by atoms with Crippen molar-refractivity contribution in [3.8, 4) is 0 Å². The fraction of sp³-hybridized carbons (Fsp3) is 0.312. The molecule has 0 bridgehead atoms. The van der Waals surface area contributed by atoms with Crippen LogP contribution in [0.1, 0.15) is 16.8 Å². The Balaban J connectivity index is 1.94. The summed E-state index contributed by atoms with van der Waals surface area (Å²) in [6.45, 7) is 3.99. The standard InChI is InChI=1S/C16H18N4O4/c1-11-12(2)18-10-19(16(11)22)8-7-17-15(21)9-13-5-3-4-6-14(13)20(23)24/h3-6,10H,7-9H2,1-2H3,(H,17,21). The maximum absolute atomic E-state index is 12.0. The van der Waals surface area contributed by atoms with Gasteiger partial charge in [-0.15, -0.1) is 0 Å². The van der Waals surface area contributed by atoms with Crippen molar-refractivity contribution in [2.24, 2.45) is 0 Å². The van der Waals surface area contributed by atoms with Gasteiger partial charge in [0, 0.05) is 36.0 Å². The minimum atomic E-state index is -0.511. The van der Waals surface area contributed by atoms with Crippen LogP contribution in [0.4, 0.5) is 5.69 Å². The molecule has 0 fully saturated rings. The van der Waals surface area contributed by atoms with E-state index in [4.69, 9.17) is 0 Å². The first-order chi connectivity index (χ1) is 11.4. The van der Waals surface area contributed by atoms with Gasteiger partial charge in [0.15, 0.2) is 0 Å². The number of nitro groups is 1. The van der Waals surface area contributed by atoms with E-state index in [0.717, 1.165) is 0 Å². The first-order valence-corrected chi connectivity index (χ1v) is 7.41. The lowest BCUT2D eigenvalue weighted by molar-refractivity contribution is -0.385. The third kappa shape index (κ3) is 4.03. The number of nitro benzene ring substituents is 1. The highest BCUT2D eigenvalue weighted by Crippen LogP contribution is 2.17. The number of carbonyl (C=O) groups excluding carboxylic acids is 1. The van der Waals surface area contributed by atoms with Crippen LogP contribution >= 0.6 is 0 Å². The molecule has 2 aromatic rings. The van der Waals surface area contributed by atoms with Crippen molar-refractivity contribution >= 4 is 11.6 Å². The molecule has 0 atom stereocenters. The summed E-state index contributed by atoms with van der Waals surface area (Å²) in [6, 6.07) is 6.12. The van der Waals surface area contributed by atoms with Crippen molar-refractivity contribution in [2.75, 3.05) is 6.54 Å². The molecular formula is C16H18N4O4. The number of rotatable bonds is 6. The van der Waals surface area contributed by atoms with Gasteiger partial charge in [-0.2, -0.15) is 0 Å². The van der Waals surface area contributed by atoms with E-state index in [0.29, 0.717) is 16.8 Å². The van der Waals surface area contributed by atoms with Gasteiger partial charge in [0.05, 0.1) is 17.7 Å². The van der Waals surface area contributed by atoms with Crippen molar-refractivity contribution in [3.05, 3.63) is 67.9 Å². The van der Waals surface area contributed by atoms with E-state index in [9.17, 15) is 19.7 Å². The SMILES string of the molecule is Cc1ncn(CCNC(=O)Cc2ccccc2[N+](=O)[O-])c(=O)c1C. The molecule has 1 aromatic heterocycles. The number of aryl methyl sites for hydroxylation is 1. The van der Waals surface area contributed by atoms with Crippen LogP contribution in [0.2, 0.25) is 0 Å². The molecule has 0 aliphatic carbocycles. The van der Waals surface area contributed by atoms with Crippen LogP contribution in [0.15, 0.2) is 35.4 Å². The Morgan fingerprint density at radius 2 is 2.04 bits per heavy atom. The summed E-state index contributed by atoms with van der Waals surface area (Å²) in [5.74, 6) is -0.339. The normalized spacial score (nSPS) is 10.4. The van der Waals surface area contributed by atoms with Crippen LogP contribution in [0.25, 0.3) is 0 Å². The highest BCUT2D eigenvalue weighted by molar-refractivity contribution is 5.79. The van der Waals surface area contributed by atoms with Crippen LogP contribution in [0, 0.1) is 24.0 Å². The van der Waals surface area contributed by atoms with Gasteiger partial charge < -0.3 is 5.32 Å². The number of nitrogens with one attached hydrogen (secondary N) is 1. The molecular weight excluding hydrogens is 312 g/mol. The van der Waals surface area contributed by atoms with Gasteiger partial charge in [-0.3, -0.25) is 24.3 Å². The first kappa shape index (κ1) is 17.3. The largest absolute Gasteiger partial charge is 0.354 e. The second kappa shape index (κ2) is 7.49. The Morgan fingerprint density at radius 3 is 2.75 bits per heavy atom. The number of benzene rings is 1. The van der Waals surface area contributed by atoms with Crippen LogP contribution < -0.4 is 10.9 Å². The number of hydrogen-bond donors (Lipinski definition) is 1. The Hall–Kier alpha value is -3.03. The van der Waals surface area contributed by atoms with Crippen molar-refractivity contribution in [2.45, 2.75) is 26.8 Å². The van der Waals surface area contributed by atoms with Gasteiger partial charge in [-0.1, -0.05) is 18.2 Å². The molecule has 0 saturated carbocycles. The van der Waals surface area contributed by atoms with Crippen LogP contribution in [0.3, 0.4) is 0 Å². The summed E-state index contributed by atoms with van der Waals surface area (Å²) in [5.41, 5.74) is 1.38.